The lowest BCUT2D eigenvalue weighted by atomic mass is 10.0. The monoisotopic (exact) mass is 286 g/mol. The van der Waals surface area contributed by atoms with Gasteiger partial charge in [-0.15, -0.1) is 0 Å². The van der Waals surface area contributed by atoms with E-state index in [-0.39, 0.29) is 5.91 Å². The molecule has 0 bridgehead atoms. The Morgan fingerprint density at radius 1 is 1.40 bits per heavy atom. The summed E-state index contributed by atoms with van der Waals surface area (Å²) in [6, 6.07) is -0.391. The van der Waals surface area contributed by atoms with Gasteiger partial charge in [0.25, 0.3) is 0 Å². The maximum atomic E-state index is 11.7. The van der Waals surface area contributed by atoms with Gasteiger partial charge >= 0.3 is 0 Å². The molecule has 0 radical (unpaired) electrons. The Labute approximate surface area is 122 Å². The van der Waals surface area contributed by atoms with Crippen molar-refractivity contribution in [2.75, 3.05) is 33.0 Å². The highest BCUT2D eigenvalue weighted by Crippen LogP contribution is 2.14. The smallest absolute Gasteiger partial charge is 0.236 e. The topological polar surface area (TPSA) is 73.6 Å². The lowest BCUT2D eigenvalue weighted by molar-refractivity contribution is -0.122. The van der Waals surface area contributed by atoms with Crippen LogP contribution in [0, 0.1) is 11.8 Å². The van der Waals surface area contributed by atoms with E-state index in [2.05, 4.69) is 19.2 Å². The molecule has 0 unspecified atom stereocenters. The van der Waals surface area contributed by atoms with Crippen molar-refractivity contribution in [2.45, 2.75) is 45.6 Å². The van der Waals surface area contributed by atoms with E-state index in [0.717, 1.165) is 45.5 Å². The molecule has 0 aliphatic carbocycles. The predicted octanol–water partition coefficient (Wildman–Crippen LogP) is 1.31. The van der Waals surface area contributed by atoms with Crippen molar-refractivity contribution < 1.29 is 14.3 Å². The van der Waals surface area contributed by atoms with Gasteiger partial charge in [0.05, 0.1) is 6.04 Å². The molecule has 1 aliphatic heterocycles. The first-order valence-corrected chi connectivity index (χ1v) is 7.78. The average Bonchev–Trinajstić information content (AvgIpc) is 2.42. The fourth-order valence-electron chi connectivity index (χ4n) is 2.29. The third-order valence-corrected chi connectivity index (χ3v) is 3.52. The Balaban J connectivity index is 1.94. The number of hydrogen-bond acceptors (Lipinski definition) is 4. The minimum Gasteiger partial charge on any atom is -0.381 e. The number of nitrogens with one attached hydrogen (secondary N) is 1. The van der Waals surface area contributed by atoms with Crippen LogP contribution in [0.1, 0.15) is 39.5 Å². The number of ether oxygens (including phenoxy) is 2. The zero-order chi connectivity index (χ0) is 14.8. The first-order chi connectivity index (χ1) is 9.59. The highest BCUT2D eigenvalue weighted by molar-refractivity contribution is 5.81. The summed E-state index contributed by atoms with van der Waals surface area (Å²) in [5.74, 6) is 1.03. The molecule has 0 aromatic heterocycles. The molecule has 1 atom stereocenters. The highest BCUT2D eigenvalue weighted by Gasteiger charge is 2.15. The van der Waals surface area contributed by atoms with Crippen molar-refractivity contribution in [1.82, 2.24) is 5.32 Å². The van der Waals surface area contributed by atoms with E-state index < -0.39 is 6.04 Å². The zero-order valence-electron chi connectivity index (χ0n) is 12.9. The molecule has 1 heterocycles. The molecule has 0 aromatic carbocycles. The number of carbonyl (C=O) groups is 1. The van der Waals surface area contributed by atoms with Crippen LogP contribution in [0.3, 0.4) is 0 Å². The number of carbonyl (C=O) groups excluding carboxylic acids is 1. The van der Waals surface area contributed by atoms with Crippen LogP contribution in [-0.2, 0) is 14.3 Å². The molecule has 1 aliphatic rings. The fourth-order valence-corrected chi connectivity index (χ4v) is 2.29. The molecule has 20 heavy (non-hydrogen) atoms. The van der Waals surface area contributed by atoms with Gasteiger partial charge in [-0.25, -0.2) is 0 Å². The van der Waals surface area contributed by atoms with Crippen LogP contribution in [0.5, 0.6) is 0 Å². The van der Waals surface area contributed by atoms with E-state index >= 15 is 0 Å². The summed E-state index contributed by atoms with van der Waals surface area (Å²) < 4.78 is 10.9. The Kier molecular flexibility index (Phi) is 8.82. The third-order valence-electron chi connectivity index (χ3n) is 3.52. The molecular formula is C15H30N2O3. The summed E-state index contributed by atoms with van der Waals surface area (Å²) in [5.41, 5.74) is 5.80. The molecule has 1 rings (SSSR count). The lowest BCUT2D eigenvalue weighted by Crippen LogP contribution is -2.41. The summed E-state index contributed by atoms with van der Waals surface area (Å²) in [6.07, 6.45) is 3.76. The van der Waals surface area contributed by atoms with Crippen LogP contribution in [0.2, 0.25) is 0 Å². The molecular weight excluding hydrogens is 256 g/mol. The lowest BCUT2D eigenvalue weighted by Gasteiger charge is -2.21. The second-order valence-corrected chi connectivity index (χ2v) is 6.01. The predicted molar refractivity (Wildman–Crippen MR) is 79.4 cm³/mol. The van der Waals surface area contributed by atoms with E-state index in [1.54, 1.807) is 0 Å². The van der Waals surface area contributed by atoms with Crippen LogP contribution in [0.15, 0.2) is 0 Å². The van der Waals surface area contributed by atoms with E-state index in [4.69, 9.17) is 15.2 Å². The van der Waals surface area contributed by atoms with Crippen molar-refractivity contribution in [1.29, 1.82) is 0 Å². The minimum atomic E-state index is -0.391. The fraction of sp³-hybridized carbons (Fsp3) is 0.933. The average molecular weight is 286 g/mol. The summed E-state index contributed by atoms with van der Waals surface area (Å²) in [4.78, 5) is 11.7. The van der Waals surface area contributed by atoms with Gasteiger partial charge < -0.3 is 20.5 Å². The summed E-state index contributed by atoms with van der Waals surface area (Å²) >= 11 is 0. The van der Waals surface area contributed by atoms with Gasteiger partial charge in [0.2, 0.25) is 5.91 Å². The van der Waals surface area contributed by atoms with Gasteiger partial charge in [0.15, 0.2) is 0 Å². The van der Waals surface area contributed by atoms with Crippen molar-refractivity contribution >= 4 is 5.91 Å². The molecule has 0 saturated carbocycles. The van der Waals surface area contributed by atoms with E-state index in [9.17, 15) is 4.79 Å². The third kappa shape index (κ3) is 7.82. The number of nitrogens with two attached hydrogens (primary N) is 1. The highest BCUT2D eigenvalue weighted by atomic mass is 16.5. The summed E-state index contributed by atoms with van der Waals surface area (Å²) in [7, 11) is 0. The first-order valence-electron chi connectivity index (χ1n) is 7.78. The summed E-state index contributed by atoms with van der Waals surface area (Å²) in [6.45, 7) is 7.99. The molecule has 0 aromatic rings. The standard InChI is InChI=1S/C15H30N2O3/c1-12(2)10-14(16)15(18)17-6-3-7-20-11-13-4-8-19-9-5-13/h12-14H,3-11,16H2,1-2H3,(H,17,18)/t14-/m0/s1. The molecule has 1 saturated heterocycles. The van der Waals surface area contributed by atoms with Crippen molar-refractivity contribution in [3.05, 3.63) is 0 Å². The zero-order valence-corrected chi connectivity index (χ0v) is 12.9. The Morgan fingerprint density at radius 2 is 2.10 bits per heavy atom. The second kappa shape index (κ2) is 10.1. The molecule has 0 spiro atoms. The molecule has 5 nitrogen and oxygen atoms in total. The van der Waals surface area contributed by atoms with Crippen LogP contribution in [-0.4, -0.2) is 44.9 Å². The van der Waals surface area contributed by atoms with Gasteiger partial charge in [-0.2, -0.15) is 0 Å². The van der Waals surface area contributed by atoms with Gasteiger partial charge in [0, 0.05) is 33.0 Å². The second-order valence-electron chi connectivity index (χ2n) is 6.01. The Hall–Kier alpha value is -0.650. The van der Waals surface area contributed by atoms with Crippen LogP contribution < -0.4 is 11.1 Å². The molecule has 5 heteroatoms. The largest absolute Gasteiger partial charge is 0.381 e. The number of amides is 1. The molecule has 1 amide bonds. The van der Waals surface area contributed by atoms with Gasteiger partial charge in [0.1, 0.15) is 0 Å². The van der Waals surface area contributed by atoms with E-state index in [1.807, 2.05) is 0 Å². The molecule has 3 N–H and O–H groups in total. The van der Waals surface area contributed by atoms with Crippen molar-refractivity contribution in [2.24, 2.45) is 17.6 Å². The van der Waals surface area contributed by atoms with Crippen LogP contribution in [0.4, 0.5) is 0 Å². The van der Waals surface area contributed by atoms with Crippen molar-refractivity contribution in [3.63, 3.8) is 0 Å². The molecule has 1 fully saturated rings. The van der Waals surface area contributed by atoms with E-state index in [0.29, 0.717) is 25.0 Å². The number of hydrogen-bond donors (Lipinski definition) is 2. The van der Waals surface area contributed by atoms with Gasteiger partial charge in [-0.3, -0.25) is 4.79 Å². The van der Waals surface area contributed by atoms with Crippen molar-refractivity contribution in [3.8, 4) is 0 Å². The summed E-state index contributed by atoms with van der Waals surface area (Å²) in [5, 5.41) is 2.86. The van der Waals surface area contributed by atoms with Gasteiger partial charge in [-0.1, -0.05) is 13.8 Å². The van der Waals surface area contributed by atoms with Crippen LogP contribution in [0.25, 0.3) is 0 Å². The minimum absolute atomic E-state index is 0.0527. The Bertz CT molecular complexity index is 266. The quantitative estimate of drug-likeness (QED) is 0.627. The van der Waals surface area contributed by atoms with Crippen LogP contribution >= 0.6 is 0 Å². The Morgan fingerprint density at radius 3 is 2.75 bits per heavy atom. The normalized spacial score (nSPS) is 18.2. The van der Waals surface area contributed by atoms with Gasteiger partial charge in [-0.05, 0) is 37.5 Å². The number of rotatable bonds is 9. The maximum absolute atomic E-state index is 11.7. The van der Waals surface area contributed by atoms with E-state index in [1.165, 1.54) is 0 Å². The maximum Gasteiger partial charge on any atom is 0.236 e. The first kappa shape index (κ1) is 17.4. The SMILES string of the molecule is CC(C)C[C@H](N)C(=O)NCCCOCC1CCOCC1. The molecule has 118 valence electrons.